The van der Waals surface area contributed by atoms with Crippen LogP contribution in [0.5, 0.6) is 0 Å². The molecule has 0 aromatic carbocycles. The minimum absolute atomic E-state index is 0.0362. The third kappa shape index (κ3) is 3.24. The Kier molecular flexibility index (Phi) is 4.13. The molecular formula is C14H18F3N5O. The summed E-state index contributed by atoms with van der Waals surface area (Å²) in [5.41, 5.74) is 0.604. The molecule has 0 amide bonds. The molecule has 0 spiro atoms. The third-order valence-corrected chi connectivity index (χ3v) is 3.78. The molecule has 6 nitrogen and oxygen atoms in total. The number of piperidine rings is 1. The molecule has 23 heavy (non-hydrogen) atoms. The molecule has 0 bridgehead atoms. The van der Waals surface area contributed by atoms with E-state index in [2.05, 4.69) is 15.1 Å². The number of hydrogen-bond acceptors (Lipinski definition) is 5. The SMILES string of the molecule is CCO[C@H]1CCCN(c2cc(C)nc3nc(C(F)(F)F)nn23)C1. The average Bonchev–Trinajstić information content (AvgIpc) is 2.91. The lowest BCUT2D eigenvalue weighted by Crippen LogP contribution is -2.40. The van der Waals surface area contributed by atoms with Gasteiger partial charge in [-0.2, -0.15) is 22.7 Å². The summed E-state index contributed by atoms with van der Waals surface area (Å²) in [4.78, 5) is 9.55. The standard InChI is InChI=1S/C14H18F3N5O/c1-3-23-10-5-4-6-21(8-10)11-7-9(2)18-13-19-12(14(15,16)17)20-22(11)13/h7,10H,3-6,8H2,1-2H3/t10-/m0/s1. The first-order valence-electron chi connectivity index (χ1n) is 7.56. The molecule has 1 aliphatic rings. The van der Waals surface area contributed by atoms with Gasteiger partial charge in [-0.1, -0.05) is 0 Å². The highest BCUT2D eigenvalue weighted by Crippen LogP contribution is 2.28. The van der Waals surface area contributed by atoms with Crippen molar-refractivity contribution in [1.29, 1.82) is 0 Å². The minimum atomic E-state index is -4.59. The van der Waals surface area contributed by atoms with E-state index in [1.54, 1.807) is 13.0 Å². The third-order valence-electron chi connectivity index (χ3n) is 3.78. The van der Waals surface area contributed by atoms with Gasteiger partial charge in [0.15, 0.2) is 0 Å². The molecule has 3 rings (SSSR count). The molecule has 1 atom stereocenters. The van der Waals surface area contributed by atoms with Gasteiger partial charge in [0.25, 0.3) is 11.6 Å². The maximum Gasteiger partial charge on any atom is 0.453 e. The predicted molar refractivity (Wildman–Crippen MR) is 77.4 cm³/mol. The Morgan fingerprint density at radius 3 is 2.83 bits per heavy atom. The Balaban J connectivity index is 2.00. The molecule has 2 aromatic heterocycles. The van der Waals surface area contributed by atoms with E-state index in [-0.39, 0.29) is 11.9 Å². The molecule has 2 aromatic rings. The van der Waals surface area contributed by atoms with E-state index < -0.39 is 12.0 Å². The number of halogens is 3. The van der Waals surface area contributed by atoms with E-state index in [0.717, 1.165) is 19.4 Å². The highest BCUT2D eigenvalue weighted by Gasteiger charge is 2.37. The molecular weight excluding hydrogens is 311 g/mol. The summed E-state index contributed by atoms with van der Waals surface area (Å²) in [5.74, 6) is -0.638. The molecule has 1 saturated heterocycles. The van der Waals surface area contributed by atoms with Gasteiger partial charge in [0.1, 0.15) is 5.82 Å². The predicted octanol–water partition coefficient (Wildman–Crippen LogP) is 2.46. The smallest absolute Gasteiger partial charge is 0.377 e. The summed E-state index contributed by atoms with van der Waals surface area (Å²) in [6, 6.07) is 1.73. The van der Waals surface area contributed by atoms with Gasteiger partial charge >= 0.3 is 6.18 Å². The summed E-state index contributed by atoms with van der Waals surface area (Å²) in [6.45, 7) is 5.64. The maximum atomic E-state index is 12.9. The zero-order chi connectivity index (χ0) is 16.6. The van der Waals surface area contributed by atoms with E-state index in [9.17, 15) is 13.2 Å². The Hall–Kier alpha value is -1.90. The lowest BCUT2D eigenvalue weighted by molar-refractivity contribution is -0.144. The summed E-state index contributed by atoms with van der Waals surface area (Å²) in [5, 5.41) is 3.61. The van der Waals surface area contributed by atoms with Crippen LogP contribution >= 0.6 is 0 Å². The van der Waals surface area contributed by atoms with E-state index in [1.165, 1.54) is 4.52 Å². The zero-order valence-corrected chi connectivity index (χ0v) is 13.0. The molecule has 0 aliphatic carbocycles. The topological polar surface area (TPSA) is 55.5 Å². The number of ether oxygens (including phenoxy) is 1. The second kappa shape index (κ2) is 5.95. The van der Waals surface area contributed by atoms with E-state index in [1.807, 2.05) is 11.8 Å². The minimum Gasteiger partial charge on any atom is -0.377 e. The summed E-state index contributed by atoms with van der Waals surface area (Å²) >= 11 is 0. The van der Waals surface area contributed by atoms with Crippen LogP contribution in [0.25, 0.3) is 5.78 Å². The Labute approximate surface area is 131 Å². The monoisotopic (exact) mass is 329 g/mol. The van der Waals surface area contributed by atoms with Crippen molar-refractivity contribution in [1.82, 2.24) is 19.6 Å². The van der Waals surface area contributed by atoms with Crippen LogP contribution in [-0.4, -0.2) is 45.4 Å². The van der Waals surface area contributed by atoms with Gasteiger partial charge in [-0.05, 0) is 26.7 Å². The number of fused-ring (bicyclic) bond motifs is 1. The zero-order valence-electron chi connectivity index (χ0n) is 13.0. The van der Waals surface area contributed by atoms with Crippen LogP contribution in [0.4, 0.5) is 19.0 Å². The Morgan fingerprint density at radius 1 is 1.35 bits per heavy atom. The van der Waals surface area contributed by atoms with E-state index in [4.69, 9.17) is 4.74 Å². The van der Waals surface area contributed by atoms with Gasteiger partial charge in [-0.25, -0.2) is 4.98 Å². The van der Waals surface area contributed by atoms with Crippen LogP contribution in [0.15, 0.2) is 6.07 Å². The highest BCUT2D eigenvalue weighted by atomic mass is 19.4. The summed E-state index contributed by atoms with van der Waals surface area (Å²) < 4.78 is 45.4. The first kappa shape index (κ1) is 16.0. The first-order valence-corrected chi connectivity index (χ1v) is 7.56. The fourth-order valence-corrected chi connectivity index (χ4v) is 2.83. The summed E-state index contributed by atoms with van der Waals surface area (Å²) in [7, 11) is 0. The van der Waals surface area contributed by atoms with Crippen molar-refractivity contribution in [2.45, 2.75) is 39.0 Å². The molecule has 126 valence electrons. The number of rotatable bonds is 3. The number of aromatic nitrogens is 4. The molecule has 0 unspecified atom stereocenters. The Bertz CT molecular complexity index is 698. The van der Waals surface area contributed by atoms with Crippen LogP contribution in [0.1, 0.15) is 31.3 Å². The van der Waals surface area contributed by atoms with Crippen molar-refractivity contribution in [3.05, 3.63) is 17.6 Å². The lowest BCUT2D eigenvalue weighted by atomic mass is 10.1. The maximum absolute atomic E-state index is 12.9. The molecule has 1 fully saturated rings. The van der Waals surface area contributed by atoms with Crippen LogP contribution < -0.4 is 4.90 Å². The van der Waals surface area contributed by atoms with Crippen LogP contribution in [0.3, 0.4) is 0 Å². The fourth-order valence-electron chi connectivity index (χ4n) is 2.83. The number of nitrogens with zero attached hydrogens (tertiary/aromatic N) is 5. The van der Waals surface area contributed by atoms with Crippen LogP contribution in [0.2, 0.25) is 0 Å². The second-order valence-electron chi connectivity index (χ2n) is 5.57. The van der Waals surface area contributed by atoms with E-state index in [0.29, 0.717) is 24.7 Å². The first-order chi connectivity index (χ1) is 10.9. The molecule has 0 N–H and O–H groups in total. The fraction of sp³-hybridized carbons (Fsp3) is 0.643. The highest BCUT2D eigenvalue weighted by molar-refractivity contribution is 5.48. The summed E-state index contributed by atoms with van der Waals surface area (Å²) in [6.07, 6.45) is -2.66. The molecule has 3 heterocycles. The van der Waals surface area contributed by atoms with Crippen molar-refractivity contribution in [3.63, 3.8) is 0 Å². The average molecular weight is 329 g/mol. The van der Waals surface area contributed by atoms with Crippen molar-refractivity contribution in [3.8, 4) is 0 Å². The second-order valence-corrected chi connectivity index (χ2v) is 5.57. The van der Waals surface area contributed by atoms with Gasteiger partial charge in [0.2, 0.25) is 0 Å². The van der Waals surface area contributed by atoms with E-state index >= 15 is 0 Å². The molecule has 1 aliphatic heterocycles. The number of alkyl halides is 3. The Morgan fingerprint density at radius 2 is 2.13 bits per heavy atom. The number of anilines is 1. The lowest BCUT2D eigenvalue weighted by Gasteiger charge is -2.34. The number of hydrogen-bond donors (Lipinski definition) is 0. The quantitative estimate of drug-likeness (QED) is 0.866. The molecule has 0 radical (unpaired) electrons. The van der Waals surface area contributed by atoms with Gasteiger partial charge in [0, 0.05) is 31.5 Å². The van der Waals surface area contributed by atoms with Crippen molar-refractivity contribution in [2.75, 3.05) is 24.6 Å². The van der Waals surface area contributed by atoms with Crippen molar-refractivity contribution >= 4 is 11.6 Å². The van der Waals surface area contributed by atoms with Gasteiger partial charge in [0.05, 0.1) is 6.10 Å². The van der Waals surface area contributed by atoms with Crippen LogP contribution in [-0.2, 0) is 10.9 Å². The number of aryl methyl sites for hydroxylation is 1. The van der Waals surface area contributed by atoms with Crippen molar-refractivity contribution < 1.29 is 17.9 Å². The molecule has 0 saturated carbocycles. The molecule has 9 heteroatoms. The largest absolute Gasteiger partial charge is 0.453 e. The van der Waals surface area contributed by atoms with Gasteiger partial charge < -0.3 is 9.64 Å². The van der Waals surface area contributed by atoms with Gasteiger partial charge in [-0.3, -0.25) is 0 Å². The normalized spacial score (nSPS) is 19.5. The van der Waals surface area contributed by atoms with Gasteiger partial charge in [-0.15, -0.1) is 5.10 Å². The van der Waals surface area contributed by atoms with Crippen molar-refractivity contribution in [2.24, 2.45) is 0 Å². The van der Waals surface area contributed by atoms with Crippen LogP contribution in [0, 0.1) is 6.92 Å².